The summed E-state index contributed by atoms with van der Waals surface area (Å²) >= 11 is 0. The van der Waals surface area contributed by atoms with E-state index in [1.807, 2.05) is 6.92 Å². The average molecular weight is 384 g/mol. The highest BCUT2D eigenvalue weighted by molar-refractivity contribution is 5.94. The Morgan fingerprint density at radius 2 is 1.61 bits per heavy atom. The Kier molecular flexibility index (Phi) is 8.03. The van der Waals surface area contributed by atoms with E-state index in [-0.39, 0.29) is 23.5 Å². The van der Waals surface area contributed by atoms with Crippen LogP contribution in [0.25, 0.3) is 0 Å². The van der Waals surface area contributed by atoms with Gasteiger partial charge in [0.25, 0.3) is 0 Å². The van der Waals surface area contributed by atoms with Gasteiger partial charge >= 0.3 is 11.9 Å². The van der Waals surface area contributed by atoms with Crippen LogP contribution < -0.4 is 4.74 Å². The molecular formula is C21H20O7. The van der Waals surface area contributed by atoms with Crippen molar-refractivity contribution in [3.63, 3.8) is 0 Å². The van der Waals surface area contributed by atoms with Crippen LogP contribution in [-0.4, -0.2) is 48.6 Å². The molecule has 0 spiro atoms. The zero-order valence-electron chi connectivity index (χ0n) is 15.3. The molecule has 2 aromatic rings. The van der Waals surface area contributed by atoms with E-state index in [9.17, 15) is 9.59 Å². The first-order chi connectivity index (χ1) is 13.5. The predicted octanol–water partition coefficient (Wildman–Crippen LogP) is 3.28. The highest BCUT2D eigenvalue weighted by Gasteiger charge is 2.12. The van der Waals surface area contributed by atoms with Crippen molar-refractivity contribution in [3.8, 4) is 23.3 Å². The number of carboxylic acids is 2. The fourth-order valence-corrected chi connectivity index (χ4v) is 2.20. The first-order valence-corrected chi connectivity index (χ1v) is 8.53. The number of hydrogen-bond donors (Lipinski definition) is 2. The van der Waals surface area contributed by atoms with E-state index in [2.05, 4.69) is 11.8 Å². The number of rotatable bonds is 9. The molecule has 2 rings (SSSR count). The molecule has 0 saturated carbocycles. The quantitative estimate of drug-likeness (QED) is 0.505. The van der Waals surface area contributed by atoms with Gasteiger partial charge in [0, 0.05) is 12.2 Å². The lowest BCUT2D eigenvalue weighted by Gasteiger charge is -2.08. The largest absolute Gasteiger partial charge is 0.478 e. The second kappa shape index (κ2) is 10.7. The molecule has 7 heteroatoms. The van der Waals surface area contributed by atoms with Gasteiger partial charge in [0.2, 0.25) is 0 Å². The van der Waals surface area contributed by atoms with Crippen LogP contribution in [0, 0.1) is 11.8 Å². The third-order valence-corrected chi connectivity index (χ3v) is 3.45. The van der Waals surface area contributed by atoms with Crippen LogP contribution in [0.15, 0.2) is 42.5 Å². The van der Waals surface area contributed by atoms with E-state index in [1.54, 1.807) is 24.3 Å². The molecule has 0 unspecified atom stereocenters. The molecule has 28 heavy (non-hydrogen) atoms. The van der Waals surface area contributed by atoms with Crippen molar-refractivity contribution >= 4 is 11.9 Å². The van der Waals surface area contributed by atoms with Gasteiger partial charge in [-0.15, -0.1) is 0 Å². The van der Waals surface area contributed by atoms with Crippen molar-refractivity contribution in [1.29, 1.82) is 0 Å². The molecule has 0 bridgehead atoms. The lowest BCUT2D eigenvalue weighted by molar-refractivity contribution is 0.0662. The van der Waals surface area contributed by atoms with Crippen LogP contribution in [0.4, 0.5) is 0 Å². The summed E-state index contributed by atoms with van der Waals surface area (Å²) in [7, 11) is 0. The van der Waals surface area contributed by atoms with Gasteiger partial charge in [0.1, 0.15) is 18.1 Å². The average Bonchev–Trinajstić information content (AvgIpc) is 2.67. The molecule has 0 fully saturated rings. The molecule has 0 radical (unpaired) electrons. The van der Waals surface area contributed by atoms with Crippen molar-refractivity contribution in [1.82, 2.24) is 0 Å². The van der Waals surface area contributed by atoms with Gasteiger partial charge in [0.15, 0.2) is 0 Å². The van der Waals surface area contributed by atoms with Crippen LogP contribution in [0.3, 0.4) is 0 Å². The number of hydrogen-bond acceptors (Lipinski definition) is 5. The molecule has 0 saturated heterocycles. The topological polar surface area (TPSA) is 102 Å². The minimum atomic E-state index is -1.24. The Morgan fingerprint density at radius 1 is 0.929 bits per heavy atom. The summed E-state index contributed by atoms with van der Waals surface area (Å²) in [6, 6.07) is 10.5. The fraction of sp³-hybridized carbons (Fsp3) is 0.238. The van der Waals surface area contributed by atoms with Crippen LogP contribution in [0.2, 0.25) is 0 Å². The Balaban J connectivity index is 2.07. The molecule has 0 aliphatic heterocycles. The second-order valence-corrected chi connectivity index (χ2v) is 5.54. The molecule has 0 atom stereocenters. The zero-order valence-corrected chi connectivity index (χ0v) is 15.3. The van der Waals surface area contributed by atoms with E-state index < -0.39 is 11.9 Å². The van der Waals surface area contributed by atoms with Crippen molar-refractivity contribution < 1.29 is 34.0 Å². The third kappa shape index (κ3) is 6.76. The zero-order chi connectivity index (χ0) is 20.4. The summed E-state index contributed by atoms with van der Waals surface area (Å²) in [4.78, 5) is 22.4. The van der Waals surface area contributed by atoms with E-state index in [4.69, 9.17) is 24.4 Å². The predicted molar refractivity (Wildman–Crippen MR) is 101 cm³/mol. The second-order valence-electron chi connectivity index (χ2n) is 5.54. The van der Waals surface area contributed by atoms with Gasteiger partial charge in [-0.05, 0) is 43.3 Å². The minimum Gasteiger partial charge on any atom is -0.478 e. The molecule has 2 N–H and O–H groups in total. The molecular weight excluding hydrogens is 364 g/mol. The summed E-state index contributed by atoms with van der Waals surface area (Å²) in [5.41, 5.74) is 0.337. The molecule has 0 aliphatic rings. The van der Waals surface area contributed by atoms with Crippen molar-refractivity contribution in [3.05, 3.63) is 59.2 Å². The maximum Gasteiger partial charge on any atom is 0.335 e. The number of carboxylic acid groups (broad SMARTS) is 2. The molecule has 7 nitrogen and oxygen atoms in total. The lowest BCUT2D eigenvalue weighted by Crippen LogP contribution is -2.03. The van der Waals surface area contributed by atoms with Gasteiger partial charge in [0.05, 0.1) is 24.3 Å². The lowest BCUT2D eigenvalue weighted by atomic mass is 10.1. The summed E-state index contributed by atoms with van der Waals surface area (Å²) in [5.74, 6) is 3.86. The monoisotopic (exact) mass is 384 g/mol. The summed E-state index contributed by atoms with van der Waals surface area (Å²) in [6.07, 6.45) is 0. The van der Waals surface area contributed by atoms with Crippen molar-refractivity contribution in [2.45, 2.75) is 6.92 Å². The first-order valence-electron chi connectivity index (χ1n) is 8.53. The van der Waals surface area contributed by atoms with Gasteiger partial charge in [-0.25, -0.2) is 9.59 Å². The van der Waals surface area contributed by atoms with Crippen LogP contribution in [0.5, 0.6) is 11.5 Å². The smallest absolute Gasteiger partial charge is 0.335 e. The molecule has 0 aromatic heterocycles. The van der Waals surface area contributed by atoms with Crippen LogP contribution in [-0.2, 0) is 9.47 Å². The Hall–Kier alpha value is -3.34. The molecule has 2 aromatic carbocycles. The van der Waals surface area contributed by atoms with E-state index in [0.717, 1.165) is 6.07 Å². The molecule has 0 amide bonds. The number of carbonyl (C=O) groups is 2. The fourth-order valence-electron chi connectivity index (χ4n) is 2.20. The Bertz CT molecular complexity index is 861. The van der Waals surface area contributed by atoms with Crippen molar-refractivity contribution in [2.75, 3.05) is 26.4 Å². The normalized spacial score (nSPS) is 10.0. The van der Waals surface area contributed by atoms with Gasteiger partial charge in [-0.2, -0.15) is 0 Å². The van der Waals surface area contributed by atoms with Gasteiger partial charge in [-0.1, -0.05) is 17.9 Å². The van der Waals surface area contributed by atoms with E-state index in [0.29, 0.717) is 31.1 Å². The van der Waals surface area contributed by atoms with Crippen LogP contribution in [0.1, 0.15) is 33.2 Å². The Morgan fingerprint density at radius 3 is 2.25 bits per heavy atom. The van der Waals surface area contributed by atoms with Gasteiger partial charge < -0.3 is 24.4 Å². The number of aromatic carboxylic acids is 2. The highest BCUT2D eigenvalue weighted by atomic mass is 16.5. The van der Waals surface area contributed by atoms with E-state index in [1.165, 1.54) is 12.1 Å². The highest BCUT2D eigenvalue weighted by Crippen LogP contribution is 2.25. The Labute approximate surface area is 162 Å². The maximum absolute atomic E-state index is 11.2. The van der Waals surface area contributed by atoms with Crippen LogP contribution >= 0.6 is 0 Å². The van der Waals surface area contributed by atoms with E-state index >= 15 is 0 Å². The summed E-state index contributed by atoms with van der Waals surface area (Å²) < 4.78 is 16.1. The molecule has 0 aliphatic carbocycles. The first kappa shape index (κ1) is 21.0. The summed E-state index contributed by atoms with van der Waals surface area (Å²) in [6.45, 7) is 3.81. The third-order valence-electron chi connectivity index (χ3n) is 3.45. The van der Waals surface area contributed by atoms with Crippen molar-refractivity contribution in [2.24, 2.45) is 0 Å². The number of ether oxygens (including phenoxy) is 3. The molecule has 0 heterocycles. The van der Waals surface area contributed by atoms with Gasteiger partial charge in [-0.3, -0.25) is 0 Å². The summed E-state index contributed by atoms with van der Waals surface area (Å²) in [5, 5.41) is 18.3. The maximum atomic E-state index is 11.2. The minimum absolute atomic E-state index is 0.113. The SMILES string of the molecule is CCOCCOCC#Cc1cccc(Oc2cc(C(=O)O)cc(C(=O)O)c2)c1. The number of benzene rings is 2. The molecule has 146 valence electrons. The standard InChI is InChI=1S/C21H20O7/c1-2-26-9-10-27-8-4-6-15-5-3-7-18(11-15)28-19-13-16(20(22)23)12-17(14-19)21(24)25/h3,5,7,11-14H,2,8-10H2,1H3,(H,22,23)(H,24,25).